The van der Waals surface area contributed by atoms with Crippen molar-refractivity contribution >= 4 is 5.91 Å². The van der Waals surface area contributed by atoms with Crippen molar-refractivity contribution in [2.24, 2.45) is 0 Å². The number of nitrogens with zero attached hydrogens (tertiary/aromatic N) is 1. The van der Waals surface area contributed by atoms with Crippen LogP contribution in [0.3, 0.4) is 0 Å². The summed E-state index contributed by atoms with van der Waals surface area (Å²) in [5.74, 6) is 0.340. The van der Waals surface area contributed by atoms with E-state index in [0.29, 0.717) is 5.92 Å². The molecule has 122 valence electrons. The van der Waals surface area contributed by atoms with Crippen LogP contribution in [-0.4, -0.2) is 10.8 Å². The molecule has 1 aliphatic rings. The third kappa shape index (κ3) is 3.65. The number of hydrogen-bond donors (Lipinski definition) is 0. The molecular weight excluding hydrogens is 294 g/mol. The van der Waals surface area contributed by atoms with Crippen LogP contribution in [0, 0.1) is 0 Å². The maximum absolute atomic E-state index is 12.6. The molecular formula is C22H23NO. The normalized spacial score (nSPS) is 22.9. The highest BCUT2D eigenvalue weighted by Crippen LogP contribution is 2.29. The Hall–Kier alpha value is -2.61. The van der Waals surface area contributed by atoms with Crippen molar-refractivity contribution in [3.63, 3.8) is 0 Å². The van der Waals surface area contributed by atoms with E-state index in [1.165, 1.54) is 5.56 Å². The summed E-state index contributed by atoms with van der Waals surface area (Å²) in [5.41, 5.74) is 3.53. The van der Waals surface area contributed by atoms with E-state index in [4.69, 9.17) is 0 Å². The average Bonchev–Trinajstić information content (AvgIpc) is 2.60. The van der Waals surface area contributed by atoms with E-state index in [2.05, 4.69) is 49.4 Å². The number of hydrogen-bond acceptors (Lipinski definition) is 1. The first-order valence-electron chi connectivity index (χ1n) is 8.43. The zero-order chi connectivity index (χ0) is 16.9. The first kappa shape index (κ1) is 16.3. The fraction of sp³-hybridized carbons (Fsp3) is 0.227. The number of benzene rings is 2. The van der Waals surface area contributed by atoms with Gasteiger partial charge < -0.3 is 4.90 Å². The van der Waals surface area contributed by atoms with Crippen molar-refractivity contribution in [3.05, 3.63) is 95.7 Å². The second-order valence-electron chi connectivity index (χ2n) is 6.39. The van der Waals surface area contributed by atoms with E-state index in [0.717, 1.165) is 17.6 Å². The molecule has 0 aliphatic carbocycles. The fourth-order valence-electron chi connectivity index (χ4n) is 3.17. The van der Waals surface area contributed by atoms with E-state index in [1.807, 2.05) is 42.3 Å². The molecule has 2 nitrogen and oxygen atoms in total. The lowest BCUT2D eigenvalue weighted by Crippen LogP contribution is -2.28. The Morgan fingerprint density at radius 2 is 1.62 bits per heavy atom. The van der Waals surface area contributed by atoms with Crippen molar-refractivity contribution in [1.82, 2.24) is 4.90 Å². The summed E-state index contributed by atoms with van der Waals surface area (Å²) < 4.78 is 0. The van der Waals surface area contributed by atoms with Gasteiger partial charge in [-0.1, -0.05) is 72.3 Å². The van der Waals surface area contributed by atoms with Crippen LogP contribution in [0.2, 0.25) is 0 Å². The summed E-state index contributed by atoms with van der Waals surface area (Å²) in [4.78, 5) is 14.5. The third-order valence-electron chi connectivity index (χ3n) is 4.57. The molecule has 2 heteroatoms. The van der Waals surface area contributed by atoms with E-state index in [-0.39, 0.29) is 11.9 Å². The van der Waals surface area contributed by atoms with Gasteiger partial charge in [-0.25, -0.2) is 0 Å². The lowest BCUT2D eigenvalue weighted by atomic mass is 9.91. The van der Waals surface area contributed by atoms with E-state index < -0.39 is 0 Å². The Labute approximate surface area is 144 Å². The number of carbonyl (C=O) groups is 1. The topological polar surface area (TPSA) is 20.3 Å². The first-order chi connectivity index (χ1) is 11.6. The third-order valence-corrected chi connectivity index (χ3v) is 4.57. The predicted molar refractivity (Wildman–Crippen MR) is 98.4 cm³/mol. The van der Waals surface area contributed by atoms with Gasteiger partial charge in [-0.15, -0.1) is 0 Å². The van der Waals surface area contributed by atoms with Crippen molar-refractivity contribution < 1.29 is 4.79 Å². The van der Waals surface area contributed by atoms with Gasteiger partial charge in [0.05, 0.1) is 6.04 Å². The maximum Gasteiger partial charge on any atom is 0.250 e. The van der Waals surface area contributed by atoms with Gasteiger partial charge in [0.1, 0.15) is 0 Å². The zero-order valence-electron chi connectivity index (χ0n) is 14.2. The van der Waals surface area contributed by atoms with E-state index >= 15 is 0 Å². The Bertz CT molecular complexity index is 746. The van der Waals surface area contributed by atoms with Crippen LogP contribution >= 0.6 is 0 Å². The summed E-state index contributed by atoms with van der Waals surface area (Å²) >= 11 is 0. The lowest BCUT2D eigenvalue weighted by molar-refractivity contribution is -0.125. The van der Waals surface area contributed by atoms with Crippen molar-refractivity contribution in [2.45, 2.75) is 32.2 Å². The smallest absolute Gasteiger partial charge is 0.250 e. The Kier molecular flexibility index (Phi) is 4.95. The molecule has 3 rings (SSSR count). The molecule has 2 aromatic rings. The molecule has 0 spiro atoms. The molecule has 0 saturated carbocycles. The molecule has 2 atom stereocenters. The molecule has 1 heterocycles. The summed E-state index contributed by atoms with van der Waals surface area (Å²) in [6, 6.07) is 20.6. The molecule has 0 aromatic heterocycles. The maximum atomic E-state index is 12.6. The fourth-order valence-corrected chi connectivity index (χ4v) is 3.17. The van der Waals surface area contributed by atoms with Crippen LogP contribution in [-0.2, 0) is 4.79 Å². The Morgan fingerprint density at radius 1 is 1.00 bits per heavy atom. The molecule has 1 aliphatic heterocycles. The summed E-state index contributed by atoms with van der Waals surface area (Å²) in [6.07, 6.45) is 6.77. The molecule has 0 bridgehead atoms. The minimum Gasteiger partial charge on any atom is -0.309 e. The second-order valence-corrected chi connectivity index (χ2v) is 6.39. The number of carbonyl (C=O) groups excluding carboxylic acids is 1. The Balaban J connectivity index is 1.92. The monoisotopic (exact) mass is 317 g/mol. The second kappa shape index (κ2) is 7.31. The average molecular weight is 317 g/mol. The summed E-state index contributed by atoms with van der Waals surface area (Å²) in [5, 5.41) is 0. The van der Waals surface area contributed by atoms with Crippen LogP contribution in [0.15, 0.2) is 84.6 Å². The molecule has 0 radical (unpaired) electrons. The molecule has 0 saturated heterocycles. The van der Waals surface area contributed by atoms with Gasteiger partial charge in [0.2, 0.25) is 0 Å². The summed E-state index contributed by atoms with van der Waals surface area (Å²) in [6.45, 7) is 4.11. The SMILES string of the molecule is C/C1=C/C(=O)N([C@H](C)c2ccccc2)/C=C\C(c2ccccc2)C1. The van der Waals surface area contributed by atoms with Crippen molar-refractivity contribution in [3.8, 4) is 0 Å². The molecule has 0 fully saturated rings. The quantitative estimate of drug-likeness (QED) is 0.759. The van der Waals surface area contributed by atoms with Gasteiger partial charge in [-0.05, 0) is 31.4 Å². The number of allylic oxidation sites excluding steroid dienone is 2. The van der Waals surface area contributed by atoms with Crippen molar-refractivity contribution in [2.75, 3.05) is 0 Å². The molecule has 24 heavy (non-hydrogen) atoms. The van der Waals surface area contributed by atoms with E-state index in [1.54, 1.807) is 6.08 Å². The molecule has 0 N–H and O–H groups in total. The van der Waals surface area contributed by atoms with Gasteiger partial charge in [0.25, 0.3) is 5.91 Å². The van der Waals surface area contributed by atoms with Crippen LogP contribution in [0.5, 0.6) is 0 Å². The Morgan fingerprint density at radius 3 is 2.29 bits per heavy atom. The molecule has 2 aromatic carbocycles. The van der Waals surface area contributed by atoms with Crippen LogP contribution in [0.25, 0.3) is 0 Å². The number of rotatable bonds is 3. The highest BCUT2D eigenvalue weighted by atomic mass is 16.2. The largest absolute Gasteiger partial charge is 0.309 e. The highest BCUT2D eigenvalue weighted by Gasteiger charge is 2.21. The predicted octanol–water partition coefficient (Wildman–Crippen LogP) is 5.22. The van der Waals surface area contributed by atoms with Crippen LogP contribution in [0.1, 0.15) is 43.4 Å². The minimum atomic E-state index is 0.00789. The molecule has 1 amide bonds. The zero-order valence-corrected chi connectivity index (χ0v) is 14.2. The van der Waals surface area contributed by atoms with E-state index in [9.17, 15) is 4.79 Å². The highest BCUT2D eigenvalue weighted by molar-refractivity contribution is 5.89. The van der Waals surface area contributed by atoms with Gasteiger partial charge in [-0.3, -0.25) is 4.79 Å². The minimum absolute atomic E-state index is 0.00789. The van der Waals surface area contributed by atoms with Crippen LogP contribution < -0.4 is 0 Å². The van der Waals surface area contributed by atoms with Gasteiger partial charge in [0.15, 0.2) is 0 Å². The van der Waals surface area contributed by atoms with Gasteiger partial charge >= 0.3 is 0 Å². The summed E-state index contributed by atoms with van der Waals surface area (Å²) in [7, 11) is 0. The van der Waals surface area contributed by atoms with Crippen LogP contribution in [0.4, 0.5) is 0 Å². The van der Waals surface area contributed by atoms with Gasteiger partial charge in [0, 0.05) is 18.2 Å². The molecule has 1 unspecified atom stereocenters. The first-order valence-corrected chi connectivity index (χ1v) is 8.43. The van der Waals surface area contributed by atoms with Crippen molar-refractivity contribution in [1.29, 1.82) is 0 Å². The standard InChI is InChI=1S/C22H23NO/c1-17-15-21(20-11-7-4-8-12-20)13-14-23(22(24)16-17)18(2)19-9-5-3-6-10-19/h3-14,16,18,21H,15H2,1-2H3/b14-13-,17-16-/t18-,21?/m1/s1. The number of amides is 1. The van der Waals surface area contributed by atoms with Gasteiger partial charge in [-0.2, -0.15) is 0 Å². The lowest BCUT2D eigenvalue weighted by Gasteiger charge is -2.28.